The van der Waals surface area contributed by atoms with Crippen LogP contribution in [0.15, 0.2) is 61.3 Å². The minimum atomic E-state index is 0.847. The summed E-state index contributed by atoms with van der Waals surface area (Å²) in [5.41, 5.74) is 5.69. The monoisotopic (exact) mass is 384 g/mol. The number of nitrogens with zero attached hydrogens (tertiary/aromatic N) is 5. The Morgan fingerprint density at radius 1 is 1.00 bits per heavy atom. The van der Waals surface area contributed by atoms with Crippen LogP contribution in [0.1, 0.15) is 18.9 Å². The molecule has 0 atom stereocenters. The molecule has 3 aromatic heterocycles. The summed E-state index contributed by atoms with van der Waals surface area (Å²) in [6.45, 7) is 5.89. The largest absolute Gasteiger partial charge is 0.341 e. The molecule has 2 aromatic carbocycles. The van der Waals surface area contributed by atoms with Gasteiger partial charge < -0.3 is 14.5 Å². The fraction of sp³-hybridized carbons (Fsp3) is 0.261. The smallest absolute Gasteiger partial charge is 0.163 e. The Bertz CT molecular complexity index is 1280. The van der Waals surface area contributed by atoms with Gasteiger partial charge in [0.1, 0.15) is 11.8 Å². The van der Waals surface area contributed by atoms with E-state index in [1.165, 1.54) is 27.4 Å². The molecule has 0 aliphatic rings. The van der Waals surface area contributed by atoms with Gasteiger partial charge in [-0.25, -0.2) is 15.0 Å². The maximum Gasteiger partial charge on any atom is 0.163 e. The van der Waals surface area contributed by atoms with Crippen molar-refractivity contribution in [2.75, 3.05) is 6.54 Å². The van der Waals surface area contributed by atoms with E-state index in [0.717, 1.165) is 43.8 Å². The van der Waals surface area contributed by atoms with Crippen LogP contribution in [0, 0.1) is 0 Å². The fourth-order valence-electron chi connectivity index (χ4n) is 4.14. The molecule has 5 aromatic rings. The Labute approximate surface area is 169 Å². The SMILES string of the molecule is CCn1c2ccccc2c2cc(CNCCCn3cnc4cncnc43)ccc21. The summed E-state index contributed by atoms with van der Waals surface area (Å²) in [6.07, 6.45) is 6.19. The molecule has 0 saturated heterocycles. The molecule has 3 heterocycles. The Hall–Kier alpha value is -3.25. The van der Waals surface area contributed by atoms with Crippen LogP contribution in [0.25, 0.3) is 33.0 Å². The normalized spacial score (nSPS) is 11.8. The second-order valence-electron chi connectivity index (χ2n) is 7.31. The van der Waals surface area contributed by atoms with Gasteiger partial charge in [-0.3, -0.25) is 0 Å². The predicted molar refractivity (Wildman–Crippen MR) is 117 cm³/mol. The van der Waals surface area contributed by atoms with Crippen molar-refractivity contribution in [2.45, 2.75) is 33.0 Å². The lowest BCUT2D eigenvalue weighted by Crippen LogP contribution is -2.16. The molecule has 0 unspecified atom stereocenters. The van der Waals surface area contributed by atoms with Crippen molar-refractivity contribution in [3.8, 4) is 0 Å². The van der Waals surface area contributed by atoms with E-state index in [1.54, 1.807) is 12.5 Å². The average molecular weight is 384 g/mol. The number of benzene rings is 2. The van der Waals surface area contributed by atoms with Gasteiger partial charge in [-0.1, -0.05) is 24.3 Å². The Morgan fingerprint density at radius 3 is 2.83 bits per heavy atom. The van der Waals surface area contributed by atoms with Gasteiger partial charge in [-0.05, 0) is 43.7 Å². The van der Waals surface area contributed by atoms with Crippen LogP contribution >= 0.6 is 0 Å². The molecule has 0 radical (unpaired) electrons. The van der Waals surface area contributed by atoms with Crippen molar-refractivity contribution in [1.29, 1.82) is 0 Å². The number of aryl methyl sites for hydroxylation is 2. The number of aromatic nitrogens is 5. The summed E-state index contributed by atoms with van der Waals surface area (Å²) < 4.78 is 4.48. The molecular weight excluding hydrogens is 360 g/mol. The number of fused-ring (bicyclic) bond motifs is 4. The number of imidazole rings is 1. The molecule has 29 heavy (non-hydrogen) atoms. The predicted octanol–water partition coefficient (Wildman–Crippen LogP) is 4.13. The van der Waals surface area contributed by atoms with Crippen LogP contribution < -0.4 is 5.32 Å². The van der Waals surface area contributed by atoms with Gasteiger partial charge in [-0.15, -0.1) is 0 Å². The highest BCUT2D eigenvalue weighted by molar-refractivity contribution is 6.08. The lowest BCUT2D eigenvalue weighted by molar-refractivity contribution is 0.587. The minimum absolute atomic E-state index is 0.847. The Kier molecular flexibility index (Phi) is 4.69. The molecule has 0 bridgehead atoms. The van der Waals surface area contributed by atoms with Gasteiger partial charge in [0.05, 0.1) is 12.5 Å². The zero-order valence-corrected chi connectivity index (χ0v) is 16.5. The molecule has 6 nitrogen and oxygen atoms in total. The van der Waals surface area contributed by atoms with Crippen LogP contribution in [0.5, 0.6) is 0 Å². The second kappa shape index (κ2) is 7.64. The summed E-state index contributed by atoms with van der Waals surface area (Å²) in [6, 6.07) is 15.5. The number of para-hydroxylation sites is 1. The summed E-state index contributed by atoms with van der Waals surface area (Å²) in [7, 11) is 0. The number of nitrogens with one attached hydrogen (secondary N) is 1. The van der Waals surface area contributed by atoms with Crippen molar-refractivity contribution in [3.63, 3.8) is 0 Å². The van der Waals surface area contributed by atoms with Crippen LogP contribution in [-0.2, 0) is 19.6 Å². The van der Waals surface area contributed by atoms with Crippen LogP contribution in [0.4, 0.5) is 0 Å². The molecule has 0 aliphatic carbocycles. The van der Waals surface area contributed by atoms with Gasteiger partial charge >= 0.3 is 0 Å². The molecule has 0 aliphatic heterocycles. The number of rotatable bonds is 7. The summed E-state index contributed by atoms with van der Waals surface area (Å²) in [5.74, 6) is 0. The topological polar surface area (TPSA) is 60.6 Å². The number of hydrogen-bond acceptors (Lipinski definition) is 4. The average Bonchev–Trinajstić information content (AvgIpc) is 3.32. The van der Waals surface area contributed by atoms with Gasteiger partial charge in [0.25, 0.3) is 0 Å². The quantitative estimate of drug-likeness (QED) is 0.429. The highest BCUT2D eigenvalue weighted by atomic mass is 15.1. The van der Waals surface area contributed by atoms with E-state index in [-0.39, 0.29) is 0 Å². The van der Waals surface area contributed by atoms with Crippen molar-refractivity contribution in [3.05, 3.63) is 66.9 Å². The third-order valence-electron chi connectivity index (χ3n) is 5.52. The molecular formula is C23H24N6. The molecule has 5 rings (SSSR count). The first-order chi connectivity index (χ1) is 14.3. The first-order valence-electron chi connectivity index (χ1n) is 10.2. The number of hydrogen-bond donors (Lipinski definition) is 1. The van der Waals surface area contributed by atoms with E-state index in [1.807, 2.05) is 6.33 Å². The van der Waals surface area contributed by atoms with Crippen LogP contribution in [0.2, 0.25) is 0 Å². The molecule has 1 N–H and O–H groups in total. The fourth-order valence-corrected chi connectivity index (χ4v) is 4.14. The first-order valence-corrected chi connectivity index (χ1v) is 10.2. The van der Waals surface area contributed by atoms with E-state index < -0.39 is 0 Å². The third kappa shape index (κ3) is 3.25. The van der Waals surface area contributed by atoms with Crippen molar-refractivity contribution >= 4 is 33.0 Å². The Morgan fingerprint density at radius 2 is 1.90 bits per heavy atom. The van der Waals surface area contributed by atoms with E-state index in [0.29, 0.717) is 0 Å². The standard InChI is InChI=1S/C23H24N6/c1-2-29-21-7-4-3-6-18(21)19-12-17(8-9-22(19)29)13-24-10-5-11-28-16-27-20-14-25-15-26-23(20)28/h3-4,6-9,12,14-16,24H,2,5,10-11,13H2,1H3. The van der Waals surface area contributed by atoms with Gasteiger partial charge in [0.2, 0.25) is 0 Å². The first kappa shape index (κ1) is 17.8. The van der Waals surface area contributed by atoms with Crippen molar-refractivity contribution < 1.29 is 0 Å². The highest BCUT2D eigenvalue weighted by Gasteiger charge is 2.09. The lowest BCUT2D eigenvalue weighted by Gasteiger charge is -2.07. The summed E-state index contributed by atoms with van der Waals surface area (Å²) in [4.78, 5) is 12.7. The maximum absolute atomic E-state index is 4.34. The zero-order valence-electron chi connectivity index (χ0n) is 16.5. The molecule has 0 amide bonds. The third-order valence-corrected chi connectivity index (χ3v) is 5.52. The lowest BCUT2D eigenvalue weighted by atomic mass is 10.1. The zero-order chi connectivity index (χ0) is 19.6. The van der Waals surface area contributed by atoms with E-state index in [9.17, 15) is 0 Å². The minimum Gasteiger partial charge on any atom is -0.341 e. The van der Waals surface area contributed by atoms with Crippen molar-refractivity contribution in [2.24, 2.45) is 0 Å². The van der Waals surface area contributed by atoms with E-state index in [4.69, 9.17) is 0 Å². The molecule has 0 spiro atoms. The maximum atomic E-state index is 4.34. The highest BCUT2D eigenvalue weighted by Crippen LogP contribution is 2.29. The van der Waals surface area contributed by atoms with Crippen LogP contribution in [-0.4, -0.2) is 30.6 Å². The van der Waals surface area contributed by atoms with Crippen molar-refractivity contribution in [1.82, 2.24) is 29.4 Å². The summed E-state index contributed by atoms with van der Waals surface area (Å²) in [5, 5.41) is 6.25. The van der Waals surface area contributed by atoms with Gasteiger partial charge in [0, 0.05) is 41.4 Å². The molecule has 0 saturated carbocycles. The van der Waals surface area contributed by atoms with Gasteiger partial charge in [-0.2, -0.15) is 0 Å². The molecule has 146 valence electrons. The van der Waals surface area contributed by atoms with Gasteiger partial charge in [0.15, 0.2) is 5.65 Å². The Balaban J connectivity index is 1.25. The van der Waals surface area contributed by atoms with E-state index in [2.05, 4.69) is 78.8 Å². The molecule has 6 heteroatoms. The summed E-state index contributed by atoms with van der Waals surface area (Å²) >= 11 is 0. The second-order valence-corrected chi connectivity index (χ2v) is 7.31. The van der Waals surface area contributed by atoms with E-state index >= 15 is 0 Å². The molecule has 0 fully saturated rings. The van der Waals surface area contributed by atoms with Crippen LogP contribution in [0.3, 0.4) is 0 Å².